The molecule has 1 N–H and O–H groups in total. The lowest BCUT2D eigenvalue weighted by molar-refractivity contribution is -0.384. The largest absolute Gasteiger partial charge is 0.467 e. The molecule has 4 rings (SSSR count). The number of anilines is 1. The molecule has 0 saturated carbocycles. The Morgan fingerprint density at radius 3 is 2.68 bits per heavy atom. The van der Waals surface area contributed by atoms with Gasteiger partial charge in [0.2, 0.25) is 5.91 Å². The van der Waals surface area contributed by atoms with Crippen LogP contribution in [-0.2, 0) is 11.3 Å². The number of benzene rings is 1. The minimum Gasteiger partial charge on any atom is -0.467 e. The van der Waals surface area contributed by atoms with Crippen molar-refractivity contribution in [3.8, 4) is 0 Å². The summed E-state index contributed by atoms with van der Waals surface area (Å²) < 4.78 is 7.55. The van der Waals surface area contributed by atoms with Crippen LogP contribution in [0.3, 0.4) is 0 Å². The van der Waals surface area contributed by atoms with Gasteiger partial charge < -0.3 is 14.3 Å². The molecule has 31 heavy (non-hydrogen) atoms. The summed E-state index contributed by atoms with van der Waals surface area (Å²) in [6.07, 6.45) is 3.14. The molecule has 158 valence electrons. The Morgan fingerprint density at radius 1 is 1.23 bits per heavy atom. The lowest BCUT2D eigenvalue weighted by Crippen LogP contribution is -2.14. The van der Waals surface area contributed by atoms with Crippen LogP contribution in [-0.4, -0.2) is 31.1 Å². The summed E-state index contributed by atoms with van der Waals surface area (Å²) in [4.78, 5) is 31.5. The van der Waals surface area contributed by atoms with E-state index in [1.54, 1.807) is 6.26 Å². The molecule has 9 nitrogen and oxygen atoms in total. The predicted octanol–water partition coefficient (Wildman–Crippen LogP) is 4.33. The Hall–Kier alpha value is -3.66. The van der Waals surface area contributed by atoms with Gasteiger partial charge in [-0.15, -0.1) is 0 Å². The Kier molecular flexibility index (Phi) is 5.72. The van der Waals surface area contributed by atoms with E-state index in [1.165, 1.54) is 42.4 Å². The van der Waals surface area contributed by atoms with Crippen LogP contribution in [0.4, 0.5) is 11.4 Å². The molecule has 0 saturated heterocycles. The van der Waals surface area contributed by atoms with Crippen LogP contribution in [0.1, 0.15) is 17.0 Å². The van der Waals surface area contributed by atoms with Gasteiger partial charge in [-0.2, -0.15) is 0 Å². The smallest absolute Gasteiger partial charge is 0.269 e. The van der Waals surface area contributed by atoms with Crippen LogP contribution in [0.15, 0.2) is 58.4 Å². The number of nitro benzene ring substituents is 1. The van der Waals surface area contributed by atoms with Crippen LogP contribution in [0, 0.1) is 24.0 Å². The molecule has 0 bridgehead atoms. The highest BCUT2D eigenvalue weighted by atomic mass is 32.2. The number of aromatic nitrogens is 3. The van der Waals surface area contributed by atoms with Gasteiger partial charge in [0, 0.05) is 23.5 Å². The minimum absolute atomic E-state index is 0.0272. The van der Waals surface area contributed by atoms with Crippen molar-refractivity contribution in [2.45, 2.75) is 25.4 Å². The standard InChI is InChI=1S/C21H19N5O4S/c1-13-14(2)25(10-17-4-3-9-30-17)20-19(13)21(23-12-22-20)31-11-18(27)24-15-5-7-16(8-6-15)26(28)29/h3-9,12H,10-11H2,1-2H3,(H,24,27). The van der Waals surface area contributed by atoms with Gasteiger partial charge in [0.05, 0.1) is 28.9 Å². The quantitative estimate of drug-likeness (QED) is 0.198. The number of nitrogens with zero attached hydrogens (tertiary/aromatic N) is 4. The first-order chi connectivity index (χ1) is 14.9. The minimum atomic E-state index is -0.482. The predicted molar refractivity (Wildman–Crippen MR) is 117 cm³/mol. The Balaban J connectivity index is 1.50. The lowest BCUT2D eigenvalue weighted by atomic mass is 10.2. The first kappa shape index (κ1) is 20.6. The zero-order valence-corrected chi connectivity index (χ0v) is 17.7. The number of rotatable bonds is 7. The highest BCUT2D eigenvalue weighted by Crippen LogP contribution is 2.32. The van der Waals surface area contributed by atoms with Gasteiger partial charge in [-0.05, 0) is 43.7 Å². The fraction of sp³-hybridized carbons (Fsp3) is 0.190. The van der Waals surface area contributed by atoms with Crippen molar-refractivity contribution in [1.82, 2.24) is 14.5 Å². The number of aryl methyl sites for hydroxylation is 1. The normalized spacial score (nSPS) is 11.0. The molecular weight excluding hydrogens is 418 g/mol. The molecule has 0 spiro atoms. The van der Waals surface area contributed by atoms with Crippen molar-refractivity contribution in [3.63, 3.8) is 0 Å². The van der Waals surface area contributed by atoms with Crippen molar-refractivity contribution in [2.24, 2.45) is 0 Å². The van der Waals surface area contributed by atoms with E-state index >= 15 is 0 Å². The molecule has 4 aromatic rings. The highest BCUT2D eigenvalue weighted by molar-refractivity contribution is 8.00. The van der Waals surface area contributed by atoms with E-state index in [9.17, 15) is 14.9 Å². The van der Waals surface area contributed by atoms with Gasteiger partial charge in [-0.1, -0.05) is 11.8 Å². The molecule has 0 radical (unpaired) electrons. The second kappa shape index (κ2) is 8.60. The Morgan fingerprint density at radius 2 is 2.00 bits per heavy atom. The van der Waals surface area contributed by atoms with Crippen LogP contribution in [0.25, 0.3) is 11.0 Å². The lowest BCUT2D eigenvalue weighted by Gasteiger charge is -2.07. The Labute approximate surface area is 181 Å². The molecule has 0 unspecified atom stereocenters. The maximum atomic E-state index is 12.4. The van der Waals surface area contributed by atoms with Gasteiger partial charge in [-0.3, -0.25) is 14.9 Å². The van der Waals surface area contributed by atoms with E-state index in [0.29, 0.717) is 12.2 Å². The number of thioether (sulfide) groups is 1. The highest BCUT2D eigenvalue weighted by Gasteiger charge is 2.18. The topological polar surface area (TPSA) is 116 Å². The van der Waals surface area contributed by atoms with Crippen molar-refractivity contribution in [3.05, 3.63) is 76.1 Å². The monoisotopic (exact) mass is 437 g/mol. The second-order valence-corrected chi connectivity index (χ2v) is 7.86. The first-order valence-corrected chi connectivity index (χ1v) is 10.4. The van der Waals surface area contributed by atoms with E-state index in [1.807, 2.05) is 26.0 Å². The molecule has 0 aliphatic heterocycles. The van der Waals surface area contributed by atoms with Crippen LogP contribution in [0.5, 0.6) is 0 Å². The summed E-state index contributed by atoms with van der Waals surface area (Å²) in [5.41, 5.74) is 3.38. The average Bonchev–Trinajstić information content (AvgIpc) is 3.36. The maximum absolute atomic E-state index is 12.4. The van der Waals surface area contributed by atoms with E-state index in [2.05, 4.69) is 19.9 Å². The van der Waals surface area contributed by atoms with Crippen molar-refractivity contribution >= 4 is 40.1 Å². The van der Waals surface area contributed by atoms with Crippen LogP contribution >= 0.6 is 11.8 Å². The third-order valence-corrected chi connectivity index (χ3v) is 5.96. The van der Waals surface area contributed by atoms with Gasteiger partial charge in [0.25, 0.3) is 5.69 Å². The molecule has 1 amide bonds. The summed E-state index contributed by atoms with van der Waals surface area (Å²) in [6.45, 7) is 4.60. The number of furan rings is 1. The molecule has 10 heteroatoms. The molecule has 0 atom stereocenters. The van der Waals surface area contributed by atoms with E-state index < -0.39 is 4.92 Å². The van der Waals surface area contributed by atoms with Crippen molar-refractivity contribution in [1.29, 1.82) is 0 Å². The van der Waals surface area contributed by atoms with Gasteiger partial charge in [0.15, 0.2) is 0 Å². The third-order valence-electron chi connectivity index (χ3n) is 4.97. The number of fused-ring (bicyclic) bond motifs is 1. The van der Waals surface area contributed by atoms with Crippen LogP contribution in [0.2, 0.25) is 0 Å². The number of hydrogen-bond donors (Lipinski definition) is 1. The molecule has 0 fully saturated rings. The number of carbonyl (C=O) groups excluding carboxylic acids is 1. The second-order valence-electron chi connectivity index (χ2n) is 6.89. The summed E-state index contributed by atoms with van der Waals surface area (Å²) >= 11 is 1.32. The molecule has 1 aromatic carbocycles. The number of hydrogen-bond acceptors (Lipinski definition) is 7. The SMILES string of the molecule is Cc1c(C)n(Cc2ccco2)c2ncnc(SCC(=O)Nc3ccc([N+](=O)[O-])cc3)c12. The number of amides is 1. The van der Waals surface area contributed by atoms with Crippen LogP contribution < -0.4 is 5.32 Å². The molecule has 0 aliphatic rings. The van der Waals surface area contributed by atoms with Crippen molar-refractivity contribution < 1.29 is 14.1 Å². The molecule has 3 aromatic heterocycles. The summed E-state index contributed by atoms with van der Waals surface area (Å²) in [6, 6.07) is 9.48. The van der Waals surface area contributed by atoms with Gasteiger partial charge >= 0.3 is 0 Å². The first-order valence-electron chi connectivity index (χ1n) is 9.44. The summed E-state index contributed by atoms with van der Waals surface area (Å²) in [7, 11) is 0. The van der Waals surface area contributed by atoms with Crippen molar-refractivity contribution in [2.75, 3.05) is 11.1 Å². The van der Waals surface area contributed by atoms with Gasteiger partial charge in [-0.25, -0.2) is 9.97 Å². The fourth-order valence-electron chi connectivity index (χ4n) is 3.29. The molecule has 0 aliphatic carbocycles. The number of nitrogens with one attached hydrogen (secondary N) is 1. The average molecular weight is 437 g/mol. The molecular formula is C21H19N5O4S. The number of non-ortho nitro benzene ring substituents is 1. The molecule has 3 heterocycles. The Bertz CT molecular complexity index is 1250. The number of nitro groups is 1. The van der Waals surface area contributed by atoms with E-state index in [4.69, 9.17) is 4.42 Å². The van der Waals surface area contributed by atoms with E-state index in [0.717, 1.165) is 33.1 Å². The zero-order chi connectivity index (χ0) is 22.0. The number of carbonyl (C=O) groups is 1. The third kappa shape index (κ3) is 4.29. The summed E-state index contributed by atoms with van der Waals surface area (Å²) in [5.74, 6) is 0.746. The zero-order valence-electron chi connectivity index (χ0n) is 16.9. The maximum Gasteiger partial charge on any atom is 0.269 e. The van der Waals surface area contributed by atoms with E-state index in [-0.39, 0.29) is 17.3 Å². The summed E-state index contributed by atoms with van der Waals surface area (Å²) in [5, 5.41) is 15.1. The fourth-order valence-corrected chi connectivity index (χ4v) is 4.14. The van der Waals surface area contributed by atoms with Gasteiger partial charge in [0.1, 0.15) is 22.8 Å².